The number of carbonyl (C=O) groups is 3. The highest BCUT2D eigenvalue weighted by Crippen LogP contribution is 2.23. The van der Waals surface area contributed by atoms with Crippen LogP contribution in [0.2, 0.25) is 0 Å². The Morgan fingerprint density at radius 2 is 1.12 bits per heavy atom. The lowest BCUT2D eigenvalue weighted by Crippen LogP contribution is -2.57. The van der Waals surface area contributed by atoms with Crippen molar-refractivity contribution >= 4 is 23.9 Å². The van der Waals surface area contributed by atoms with Crippen LogP contribution < -0.4 is 0 Å². The standard InChI is InChI=1S/C29H28N2O3/c1-2-24-15-9-10-16-25(24)21-26-27(32)30(19-17-22-11-5-3-6-12-22)29(34)31(28(26)33)20-18-23-13-7-4-8-14-23/h3-16,21H,2,17-20H2,1H3. The third kappa shape index (κ3) is 5.15. The largest absolute Gasteiger partial charge is 0.333 e. The summed E-state index contributed by atoms with van der Waals surface area (Å²) < 4.78 is 0. The van der Waals surface area contributed by atoms with Crippen LogP contribution in [0.5, 0.6) is 0 Å². The van der Waals surface area contributed by atoms with Crippen LogP contribution in [0, 0.1) is 0 Å². The fourth-order valence-electron chi connectivity index (χ4n) is 4.14. The van der Waals surface area contributed by atoms with Crippen molar-refractivity contribution in [2.45, 2.75) is 26.2 Å². The minimum Gasteiger partial charge on any atom is -0.268 e. The maximum absolute atomic E-state index is 13.4. The first kappa shape index (κ1) is 23.2. The lowest BCUT2D eigenvalue weighted by Gasteiger charge is -2.34. The van der Waals surface area contributed by atoms with E-state index < -0.39 is 17.8 Å². The molecule has 4 rings (SSSR count). The van der Waals surface area contributed by atoms with Crippen LogP contribution in [0.15, 0.2) is 90.5 Å². The molecular formula is C29H28N2O3. The number of imide groups is 2. The van der Waals surface area contributed by atoms with Gasteiger partial charge in [0.15, 0.2) is 0 Å². The molecule has 0 bridgehead atoms. The summed E-state index contributed by atoms with van der Waals surface area (Å²) in [5, 5.41) is 0. The smallest absolute Gasteiger partial charge is 0.268 e. The van der Waals surface area contributed by atoms with Gasteiger partial charge in [0.2, 0.25) is 0 Å². The van der Waals surface area contributed by atoms with E-state index in [0.29, 0.717) is 12.8 Å². The molecule has 4 amide bonds. The molecule has 0 aromatic heterocycles. The van der Waals surface area contributed by atoms with E-state index in [1.54, 1.807) is 6.08 Å². The maximum Gasteiger partial charge on any atom is 0.333 e. The second kappa shape index (κ2) is 10.8. The number of hydrogen-bond acceptors (Lipinski definition) is 3. The Morgan fingerprint density at radius 1 is 0.647 bits per heavy atom. The number of nitrogens with zero attached hydrogens (tertiary/aromatic N) is 2. The van der Waals surface area contributed by atoms with E-state index in [9.17, 15) is 14.4 Å². The molecule has 1 heterocycles. The van der Waals surface area contributed by atoms with Gasteiger partial charge in [0.1, 0.15) is 5.57 Å². The summed E-state index contributed by atoms with van der Waals surface area (Å²) >= 11 is 0. The summed E-state index contributed by atoms with van der Waals surface area (Å²) in [4.78, 5) is 42.5. The number of hydrogen-bond donors (Lipinski definition) is 0. The molecule has 0 atom stereocenters. The molecule has 3 aromatic carbocycles. The molecule has 1 saturated heterocycles. The Balaban J connectivity index is 1.65. The number of rotatable bonds is 8. The van der Waals surface area contributed by atoms with Gasteiger partial charge in [-0.15, -0.1) is 0 Å². The first-order chi connectivity index (χ1) is 16.6. The highest BCUT2D eigenvalue weighted by Gasteiger charge is 2.41. The molecule has 0 unspecified atom stereocenters. The molecule has 1 fully saturated rings. The summed E-state index contributed by atoms with van der Waals surface area (Å²) in [5.74, 6) is -1.07. The van der Waals surface area contributed by atoms with E-state index in [0.717, 1.165) is 28.7 Å². The third-order valence-electron chi connectivity index (χ3n) is 6.08. The lowest BCUT2D eigenvalue weighted by molar-refractivity contribution is -0.135. The van der Waals surface area contributed by atoms with Crippen molar-refractivity contribution in [3.8, 4) is 0 Å². The number of aryl methyl sites for hydroxylation is 1. The van der Waals surface area contributed by atoms with Crippen molar-refractivity contribution in [2.75, 3.05) is 13.1 Å². The van der Waals surface area contributed by atoms with Gasteiger partial charge in [-0.2, -0.15) is 0 Å². The zero-order valence-corrected chi connectivity index (χ0v) is 19.3. The number of carbonyl (C=O) groups excluding carboxylic acids is 3. The first-order valence-electron chi connectivity index (χ1n) is 11.6. The van der Waals surface area contributed by atoms with Gasteiger partial charge in [0, 0.05) is 13.1 Å². The molecule has 172 valence electrons. The summed E-state index contributed by atoms with van der Waals surface area (Å²) in [6, 6.07) is 26.6. The van der Waals surface area contributed by atoms with Crippen LogP contribution in [0.1, 0.15) is 29.2 Å². The molecular weight excluding hydrogens is 424 g/mol. The summed E-state index contributed by atoms with van der Waals surface area (Å²) in [6.07, 6.45) is 3.47. The van der Waals surface area contributed by atoms with Crippen LogP contribution in [0.3, 0.4) is 0 Å². The van der Waals surface area contributed by atoms with Crippen LogP contribution in [0.4, 0.5) is 4.79 Å². The van der Waals surface area contributed by atoms with Crippen molar-refractivity contribution < 1.29 is 14.4 Å². The number of amides is 4. The zero-order valence-electron chi connectivity index (χ0n) is 19.3. The molecule has 0 aliphatic carbocycles. The topological polar surface area (TPSA) is 57.7 Å². The van der Waals surface area contributed by atoms with Crippen molar-refractivity contribution in [1.29, 1.82) is 0 Å². The van der Waals surface area contributed by atoms with Gasteiger partial charge in [0.25, 0.3) is 11.8 Å². The van der Waals surface area contributed by atoms with E-state index in [-0.39, 0.29) is 18.7 Å². The highest BCUT2D eigenvalue weighted by molar-refractivity contribution is 6.30. The van der Waals surface area contributed by atoms with Crippen molar-refractivity contribution in [2.24, 2.45) is 0 Å². The Labute approximate surface area is 200 Å². The van der Waals surface area contributed by atoms with Crippen LogP contribution in [0.25, 0.3) is 6.08 Å². The van der Waals surface area contributed by atoms with Crippen LogP contribution >= 0.6 is 0 Å². The van der Waals surface area contributed by atoms with Gasteiger partial charge in [-0.25, -0.2) is 4.79 Å². The fraction of sp³-hybridized carbons (Fsp3) is 0.207. The van der Waals surface area contributed by atoms with E-state index in [4.69, 9.17) is 0 Å². The molecule has 0 spiro atoms. The van der Waals surface area contributed by atoms with Gasteiger partial charge in [0.05, 0.1) is 0 Å². The predicted molar refractivity (Wildman–Crippen MR) is 133 cm³/mol. The second-order valence-corrected chi connectivity index (χ2v) is 8.28. The molecule has 5 nitrogen and oxygen atoms in total. The normalized spacial score (nSPS) is 14.0. The molecule has 3 aromatic rings. The van der Waals surface area contributed by atoms with Crippen LogP contribution in [-0.4, -0.2) is 40.7 Å². The minimum atomic E-state index is -0.553. The lowest BCUT2D eigenvalue weighted by atomic mass is 10.00. The van der Waals surface area contributed by atoms with Gasteiger partial charge < -0.3 is 0 Å². The minimum absolute atomic E-state index is 0.0293. The Morgan fingerprint density at radius 3 is 1.62 bits per heavy atom. The van der Waals surface area contributed by atoms with E-state index in [1.807, 2.05) is 91.9 Å². The van der Waals surface area contributed by atoms with Gasteiger partial charge in [-0.3, -0.25) is 19.4 Å². The van der Waals surface area contributed by atoms with Crippen molar-refractivity contribution in [3.05, 3.63) is 113 Å². The van der Waals surface area contributed by atoms with Crippen molar-refractivity contribution in [1.82, 2.24) is 9.80 Å². The molecule has 0 radical (unpaired) electrons. The predicted octanol–water partition coefficient (Wildman–Crippen LogP) is 4.91. The average molecular weight is 453 g/mol. The second-order valence-electron chi connectivity index (χ2n) is 8.28. The third-order valence-corrected chi connectivity index (χ3v) is 6.08. The van der Waals surface area contributed by atoms with Gasteiger partial charge in [-0.1, -0.05) is 91.9 Å². The molecule has 34 heavy (non-hydrogen) atoms. The van der Waals surface area contributed by atoms with Crippen LogP contribution in [-0.2, 0) is 28.9 Å². The molecule has 0 saturated carbocycles. The average Bonchev–Trinajstić information content (AvgIpc) is 2.88. The molecule has 5 heteroatoms. The quantitative estimate of drug-likeness (QED) is 0.361. The Hall–Kier alpha value is -3.99. The SMILES string of the molecule is CCc1ccccc1C=C1C(=O)N(CCc2ccccc2)C(=O)N(CCc2ccccc2)C1=O. The summed E-state index contributed by atoms with van der Waals surface area (Å²) in [6.45, 7) is 2.46. The van der Waals surface area contributed by atoms with Gasteiger partial charge >= 0.3 is 6.03 Å². The van der Waals surface area contributed by atoms with E-state index >= 15 is 0 Å². The van der Waals surface area contributed by atoms with Gasteiger partial charge in [-0.05, 0) is 47.6 Å². The summed E-state index contributed by atoms with van der Waals surface area (Å²) in [7, 11) is 0. The molecule has 1 aliphatic rings. The first-order valence-corrected chi connectivity index (χ1v) is 11.6. The Bertz CT molecular complexity index is 1130. The monoisotopic (exact) mass is 452 g/mol. The maximum atomic E-state index is 13.4. The van der Waals surface area contributed by atoms with E-state index in [1.165, 1.54) is 9.80 Å². The summed E-state index contributed by atoms with van der Waals surface area (Å²) in [5.41, 5.74) is 3.94. The number of urea groups is 1. The van der Waals surface area contributed by atoms with Crippen molar-refractivity contribution in [3.63, 3.8) is 0 Å². The number of barbiturate groups is 1. The Kier molecular flexibility index (Phi) is 7.33. The highest BCUT2D eigenvalue weighted by atomic mass is 16.2. The fourth-order valence-corrected chi connectivity index (χ4v) is 4.14. The zero-order chi connectivity index (χ0) is 23.9. The number of benzene rings is 3. The van der Waals surface area contributed by atoms with E-state index in [2.05, 4.69) is 0 Å². The molecule has 0 N–H and O–H groups in total. The molecule has 1 aliphatic heterocycles.